The molecule has 31 heavy (non-hydrogen) atoms. The molecule has 0 atom stereocenters. The number of nitrogens with one attached hydrogen (secondary N) is 1. The van der Waals surface area contributed by atoms with Crippen molar-refractivity contribution >= 4 is 45.4 Å². The minimum absolute atomic E-state index is 0.132. The Morgan fingerprint density at radius 2 is 1.84 bits per heavy atom. The lowest BCUT2D eigenvalue weighted by molar-refractivity contribution is -0.113. The van der Waals surface area contributed by atoms with Gasteiger partial charge in [-0.1, -0.05) is 48.2 Å². The molecule has 1 N–H and O–H groups in total. The lowest BCUT2D eigenvalue weighted by Gasteiger charge is -2.09. The number of carbonyl (C=O) groups is 1. The molecule has 7 heteroatoms. The molecule has 6 nitrogen and oxygen atoms in total. The van der Waals surface area contributed by atoms with E-state index in [0.717, 1.165) is 32.6 Å². The van der Waals surface area contributed by atoms with Crippen molar-refractivity contribution in [3.63, 3.8) is 0 Å². The number of oxazole rings is 1. The number of hydrogen-bond acceptors (Lipinski definition) is 6. The van der Waals surface area contributed by atoms with Gasteiger partial charge in [-0.15, -0.1) is 0 Å². The zero-order valence-corrected chi connectivity index (χ0v) is 17.5. The summed E-state index contributed by atoms with van der Waals surface area (Å²) >= 11 is 1.38. The first-order chi connectivity index (χ1) is 15.2. The third kappa shape index (κ3) is 4.00. The van der Waals surface area contributed by atoms with Crippen LogP contribution in [-0.4, -0.2) is 26.6 Å². The van der Waals surface area contributed by atoms with Crippen molar-refractivity contribution in [1.82, 2.24) is 15.0 Å². The second-order valence-corrected chi connectivity index (χ2v) is 8.03. The fraction of sp³-hybridized carbons (Fsp3) is 0.0833. The summed E-state index contributed by atoms with van der Waals surface area (Å²) < 4.78 is 5.92. The summed E-state index contributed by atoms with van der Waals surface area (Å²) in [5, 5.41) is 4.70. The molecule has 0 bridgehead atoms. The molecular weight excluding hydrogens is 408 g/mol. The van der Waals surface area contributed by atoms with Crippen LogP contribution in [0.1, 0.15) is 5.56 Å². The number of para-hydroxylation sites is 2. The highest BCUT2D eigenvalue weighted by Crippen LogP contribution is 2.31. The molecule has 2 aromatic heterocycles. The zero-order chi connectivity index (χ0) is 21.2. The van der Waals surface area contributed by atoms with Crippen LogP contribution in [0.2, 0.25) is 0 Å². The first kappa shape index (κ1) is 19.3. The number of anilines is 1. The van der Waals surface area contributed by atoms with E-state index in [2.05, 4.69) is 20.3 Å². The summed E-state index contributed by atoms with van der Waals surface area (Å²) in [6.45, 7) is 2.01. The summed E-state index contributed by atoms with van der Waals surface area (Å²) in [6.07, 6.45) is 1.52. The smallest absolute Gasteiger partial charge is 0.234 e. The molecule has 1 amide bonds. The van der Waals surface area contributed by atoms with Crippen LogP contribution >= 0.6 is 11.8 Å². The maximum absolute atomic E-state index is 12.7. The normalized spacial score (nSPS) is 11.1. The molecular formula is C24H18N4O2S. The quantitative estimate of drug-likeness (QED) is 0.296. The molecule has 0 aliphatic carbocycles. The Kier molecular flexibility index (Phi) is 5.09. The largest absolute Gasteiger partial charge is 0.436 e. The van der Waals surface area contributed by atoms with Gasteiger partial charge in [0, 0.05) is 5.39 Å². The highest BCUT2D eigenvalue weighted by molar-refractivity contribution is 8.00. The first-order valence-corrected chi connectivity index (χ1v) is 10.7. The van der Waals surface area contributed by atoms with Crippen LogP contribution in [-0.2, 0) is 4.79 Å². The molecule has 0 unspecified atom stereocenters. The molecule has 0 radical (unpaired) electrons. The van der Waals surface area contributed by atoms with Crippen LogP contribution in [0, 0.1) is 6.92 Å². The second-order valence-electron chi connectivity index (χ2n) is 7.07. The molecule has 152 valence electrons. The number of thioether (sulfide) groups is 1. The van der Waals surface area contributed by atoms with Gasteiger partial charge in [0.05, 0.1) is 22.5 Å². The van der Waals surface area contributed by atoms with Crippen LogP contribution in [0.4, 0.5) is 5.69 Å². The molecule has 0 fully saturated rings. The summed E-state index contributed by atoms with van der Waals surface area (Å²) in [7, 11) is 0. The summed E-state index contributed by atoms with van der Waals surface area (Å²) in [5.41, 5.74) is 4.88. The average molecular weight is 427 g/mol. The van der Waals surface area contributed by atoms with Crippen LogP contribution < -0.4 is 5.32 Å². The number of aromatic nitrogens is 3. The van der Waals surface area contributed by atoms with Crippen LogP contribution in [0.15, 0.2) is 82.5 Å². The Morgan fingerprint density at radius 3 is 2.77 bits per heavy atom. The van der Waals surface area contributed by atoms with E-state index in [0.29, 0.717) is 17.2 Å². The van der Waals surface area contributed by atoms with Crippen LogP contribution in [0.3, 0.4) is 0 Å². The fourth-order valence-electron chi connectivity index (χ4n) is 3.35. The highest BCUT2D eigenvalue weighted by atomic mass is 32.2. The van der Waals surface area contributed by atoms with Crippen LogP contribution in [0.25, 0.3) is 33.5 Å². The predicted octanol–water partition coefficient (Wildman–Crippen LogP) is 5.48. The lowest BCUT2D eigenvalue weighted by atomic mass is 10.1. The molecule has 0 saturated heterocycles. The third-order valence-electron chi connectivity index (χ3n) is 4.82. The van der Waals surface area contributed by atoms with E-state index in [-0.39, 0.29) is 11.7 Å². The Bertz CT molecular complexity index is 1410. The van der Waals surface area contributed by atoms with Gasteiger partial charge in [0.2, 0.25) is 11.8 Å². The number of hydrogen-bond donors (Lipinski definition) is 1. The number of fused-ring (bicyclic) bond motifs is 2. The van der Waals surface area contributed by atoms with Crippen LogP contribution in [0.5, 0.6) is 0 Å². The molecule has 0 saturated carbocycles. The van der Waals surface area contributed by atoms with Gasteiger partial charge in [-0.3, -0.25) is 4.79 Å². The van der Waals surface area contributed by atoms with Gasteiger partial charge in [0.1, 0.15) is 16.9 Å². The molecule has 0 spiro atoms. The van der Waals surface area contributed by atoms with Gasteiger partial charge in [-0.05, 0) is 42.8 Å². The van der Waals surface area contributed by atoms with E-state index in [9.17, 15) is 4.79 Å². The minimum Gasteiger partial charge on any atom is -0.436 e. The predicted molar refractivity (Wildman–Crippen MR) is 123 cm³/mol. The Labute approximate surface area is 182 Å². The number of aryl methyl sites for hydroxylation is 1. The number of benzene rings is 3. The molecule has 5 aromatic rings. The van der Waals surface area contributed by atoms with E-state index >= 15 is 0 Å². The number of amides is 1. The van der Waals surface area contributed by atoms with Gasteiger partial charge >= 0.3 is 0 Å². The third-order valence-corrected chi connectivity index (χ3v) is 5.83. The Morgan fingerprint density at radius 1 is 1.00 bits per heavy atom. The highest BCUT2D eigenvalue weighted by Gasteiger charge is 2.15. The first-order valence-electron chi connectivity index (χ1n) is 9.76. The van der Waals surface area contributed by atoms with E-state index < -0.39 is 0 Å². The molecule has 2 heterocycles. The number of rotatable bonds is 5. The minimum atomic E-state index is -0.132. The number of nitrogens with zero attached hydrogens (tertiary/aromatic N) is 3. The lowest BCUT2D eigenvalue weighted by Crippen LogP contribution is -2.14. The maximum atomic E-state index is 12.7. The SMILES string of the molecule is Cc1ccc2oc(-c3ccccc3NC(=O)CSc3ncnc4ccccc34)nc2c1. The summed E-state index contributed by atoms with van der Waals surface area (Å²) in [5.74, 6) is 0.570. The molecule has 5 rings (SSSR count). The summed E-state index contributed by atoms with van der Waals surface area (Å²) in [6, 6.07) is 21.1. The van der Waals surface area contributed by atoms with E-state index in [1.165, 1.54) is 18.1 Å². The van der Waals surface area contributed by atoms with E-state index in [1.54, 1.807) is 0 Å². The van der Waals surface area contributed by atoms with Gasteiger partial charge in [-0.2, -0.15) is 0 Å². The second kappa shape index (κ2) is 8.20. The zero-order valence-electron chi connectivity index (χ0n) is 16.7. The van der Waals surface area contributed by atoms with Crippen molar-refractivity contribution in [2.24, 2.45) is 0 Å². The van der Waals surface area contributed by atoms with Crippen molar-refractivity contribution in [1.29, 1.82) is 0 Å². The van der Waals surface area contributed by atoms with E-state index in [4.69, 9.17) is 4.42 Å². The van der Waals surface area contributed by atoms with Crippen molar-refractivity contribution in [3.05, 3.63) is 78.6 Å². The van der Waals surface area contributed by atoms with E-state index in [1.807, 2.05) is 73.7 Å². The molecule has 0 aliphatic rings. The Balaban J connectivity index is 1.36. The van der Waals surface area contributed by atoms with Gasteiger partial charge in [0.25, 0.3) is 0 Å². The van der Waals surface area contributed by atoms with Crippen molar-refractivity contribution in [2.75, 3.05) is 11.1 Å². The number of carbonyl (C=O) groups excluding carboxylic acids is 1. The standard InChI is InChI=1S/C24H18N4O2S/c1-15-10-11-21-20(12-15)28-23(30-21)16-6-2-5-9-19(16)27-22(29)13-31-24-17-7-3-4-8-18(17)25-14-26-24/h2-12,14H,13H2,1H3,(H,27,29). The molecule has 3 aromatic carbocycles. The van der Waals surface area contributed by atoms with Crippen molar-refractivity contribution in [2.45, 2.75) is 11.9 Å². The topological polar surface area (TPSA) is 80.9 Å². The summed E-state index contributed by atoms with van der Waals surface area (Å²) in [4.78, 5) is 25.9. The maximum Gasteiger partial charge on any atom is 0.234 e. The monoisotopic (exact) mass is 426 g/mol. The van der Waals surface area contributed by atoms with Crippen molar-refractivity contribution in [3.8, 4) is 11.5 Å². The Hall–Kier alpha value is -3.71. The van der Waals surface area contributed by atoms with Gasteiger partial charge in [-0.25, -0.2) is 15.0 Å². The fourth-order valence-corrected chi connectivity index (χ4v) is 4.14. The van der Waals surface area contributed by atoms with Crippen molar-refractivity contribution < 1.29 is 9.21 Å². The van der Waals surface area contributed by atoms with Gasteiger partial charge in [0.15, 0.2) is 5.58 Å². The van der Waals surface area contributed by atoms with Gasteiger partial charge < -0.3 is 9.73 Å². The average Bonchev–Trinajstić information content (AvgIpc) is 3.21. The molecule has 0 aliphatic heterocycles.